The van der Waals surface area contributed by atoms with E-state index in [2.05, 4.69) is 6.92 Å². The van der Waals surface area contributed by atoms with Gasteiger partial charge in [-0.25, -0.2) is 0 Å². The van der Waals surface area contributed by atoms with Crippen molar-refractivity contribution in [1.29, 1.82) is 0 Å². The fraction of sp³-hybridized carbons (Fsp3) is 1.00. The molecular formula is C11H20O. The van der Waals surface area contributed by atoms with E-state index in [0.29, 0.717) is 5.41 Å². The first-order valence-corrected chi connectivity index (χ1v) is 5.23. The smallest absolute Gasteiger partial charge is 0.0467 e. The number of ether oxygens (including phenoxy) is 1. The van der Waals surface area contributed by atoms with Gasteiger partial charge in [0, 0.05) is 13.7 Å². The van der Waals surface area contributed by atoms with Crippen LogP contribution >= 0.6 is 0 Å². The molecule has 0 aromatic carbocycles. The summed E-state index contributed by atoms with van der Waals surface area (Å²) < 4.78 is 5.18. The third-order valence-electron chi connectivity index (χ3n) is 4.16. The van der Waals surface area contributed by atoms with Gasteiger partial charge in [0.05, 0.1) is 0 Å². The quantitative estimate of drug-likeness (QED) is 0.629. The summed E-state index contributed by atoms with van der Waals surface area (Å²) >= 11 is 0. The highest BCUT2D eigenvalue weighted by Crippen LogP contribution is 2.57. The molecule has 2 saturated carbocycles. The van der Waals surface area contributed by atoms with Gasteiger partial charge >= 0.3 is 0 Å². The normalized spacial score (nSPS) is 45.5. The Morgan fingerprint density at radius 3 is 2.75 bits per heavy atom. The Hall–Kier alpha value is -0.0400. The van der Waals surface area contributed by atoms with Crippen LogP contribution in [0.25, 0.3) is 0 Å². The van der Waals surface area contributed by atoms with Crippen LogP contribution in [0.3, 0.4) is 0 Å². The van der Waals surface area contributed by atoms with Gasteiger partial charge in [0.15, 0.2) is 0 Å². The first kappa shape index (κ1) is 8.55. The molecule has 3 atom stereocenters. The second-order valence-corrected chi connectivity index (χ2v) is 4.98. The average Bonchev–Trinajstić information content (AvgIpc) is 2.60. The van der Waals surface area contributed by atoms with Crippen LogP contribution in [0.4, 0.5) is 0 Å². The highest BCUT2D eigenvalue weighted by Gasteiger charge is 2.47. The largest absolute Gasteiger partial charge is 0.385 e. The third kappa shape index (κ3) is 1.28. The summed E-state index contributed by atoms with van der Waals surface area (Å²) in [5.41, 5.74) is 0.638. The van der Waals surface area contributed by atoms with E-state index >= 15 is 0 Å². The molecule has 2 aliphatic carbocycles. The molecule has 2 bridgehead atoms. The predicted molar refractivity (Wildman–Crippen MR) is 50.0 cm³/mol. The highest BCUT2D eigenvalue weighted by atomic mass is 16.5. The zero-order valence-electron chi connectivity index (χ0n) is 8.31. The highest BCUT2D eigenvalue weighted by molar-refractivity contribution is 4.97. The summed E-state index contributed by atoms with van der Waals surface area (Å²) in [7, 11) is 1.82. The summed E-state index contributed by atoms with van der Waals surface area (Å²) in [5.74, 6) is 2.09. The monoisotopic (exact) mass is 168 g/mol. The molecule has 1 heteroatoms. The summed E-state index contributed by atoms with van der Waals surface area (Å²) in [6.45, 7) is 3.43. The van der Waals surface area contributed by atoms with Crippen molar-refractivity contribution in [2.75, 3.05) is 13.7 Å². The number of hydrogen-bond acceptors (Lipinski definition) is 1. The average molecular weight is 168 g/mol. The van der Waals surface area contributed by atoms with E-state index < -0.39 is 0 Å². The van der Waals surface area contributed by atoms with Gasteiger partial charge in [-0.15, -0.1) is 0 Å². The Kier molecular flexibility index (Phi) is 2.16. The van der Waals surface area contributed by atoms with Gasteiger partial charge in [-0.05, 0) is 42.9 Å². The van der Waals surface area contributed by atoms with Crippen LogP contribution in [0.5, 0.6) is 0 Å². The molecule has 2 rings (SSSR count). The van der Waals surface area contributed by atoms with E-state index in [4.69, 9.17) is 4.74 Å². The fourth-order valence-corrected chi connectivity index (χ4v) is 3.36. The lowest BCUT2D eigenvalue weighted by Gasteiger charge is -2.33. The summed E-state index contributed by atoms with van der Waals surface area (Å²) in [6, 6.07) is 0. The van der Waals surface area contributed by atoms with E-state index in [-0.39, 0.29) is 0 Å². The van der Waals surface area contributed by atoms with Crippen molar-refractivity contribution < 1.29 is 4.74 Å². The van der Waals surface area contributed by atoms with Crippen LogP contribution < -0.4 is 0 Å². The molecular weight excluding hydrogens is 148 g/mol. The van der Waals surface area contributed by atoms with Gasteiger partial charge in [-0.1, -0.05) is 13.3 Å². The Bertz CT molecular complexity index is 166. The first-order chi connectivity index (χ1) is 5.74. The van der Waals surface area contributed by atoms with Gasteiger partial charge in [-0.2, -0.15) is 0 Å². The molecule has 0 heterocycles. The molecule has 0 amide bonds. The minimum atomic E-state index is 0.638. The van der Waals surface area contributed by atoms with Crippen molar-refractivity contribution in [3.63, 3.8) is 0 Å². The molecule has 3 unspecified atom stereocenters. The van der Waals surface area contributed by atoms with Crippen LogP contribution in [0.2, 0.25) is 0 Å². The van der Waals surface area contributed by atoms with Crippen molar-refractivity contribution in [3.8, 4) is 0 Å². The van der Waals surface area contributed by atoms with E-state index in [1.54, 1.807) is 0 Å². The molecule has 0 N–H and O–H groups in total. The molecule has 1 nitrogen and oxygen atoms in total. The Morgan fingerprint density at radius 2 is 2.25 bits per heavy atom. The Labute approximate surface area is 75.5 Å². The van der Waals surface area contributed by atoms with Crippen molar-refractivity contribution in [2.45, 2.75) is 39.0 Å². The minimum absolute atomic E-state index is 0.638. The number of hydrogen-bond donors (Lipinski definition) is 0. The van der Waals surface area contributed by atoms with Crippen LogP contribution in [-0.2, 0) is 4.74 Å². The van der Waals surface area contributed by atoms with Crippen molar-refractivity contribution in [3.05, 3.63) is 0 Å². The summed E-state index contributed by atoms with van der Waals surface area (Å²) in [6.07, 6.45) is 7.27. The van der Waals surface area contributed by atoms with E-state index in [9.17, 15) is 0 Å². The second kappa shape index (κ2) is 3.02. The molecule has 0 saturated heterocycles. The number of methoxy groups -OCH3 is 1. The predicted octanol–water partition coefficient (Wildman–Crippen LogP) is 2.85. The molecule has 0 spiro atoms. The molecule has 2 fully saturated rings. The maximum atomic E-state index is 5.18. The third-order valence-corrected chi connectivity index (χ3v) is 4.16. The molecule has 70 valence electrons. The van der Waals surface area contributed by atoms with E-state index in [0.717, 1.165) is 18.4 Å². The van der Waals surface area contributed by atoms with Gasteiger partial charge in [-0.3, -0.25) is 0 Å². The molecule has 0 aliphatic heterocycles. The van der Waals surface area contributed by atoms with Gasteiger partial charge in [0.1, 0.15) is 0 Å². The van der Waals surface area contributed by atoms with Crippen LogP contribution in [0.15, 0.2) is 0 Å². The van der Waals surface area contributed by atoms with Crippen LogP contribution in [0, 0.1) is 17.3 Å². The lowest BCUT2D eigenvalue weighted by Crippen LogP contribution is -2.25. The standard InChI is InChI=1S/C11H20O/c1-11(5-6-12-2)8-9-3-4-10(11)7-9/h9-10H,3-8H2,1-2H3. The Morgan fingerprint density at radius 1 is 1.42 bits per heavy atom. The van der Waals surface area contributed by atoms with Gasteiger partial charge < -0.3 is 4.74 Å². The SMILES string of the molecule is COCCC1(C)CC2CCC1C2. The molecule has 2 aliphatic rings. The zero-order valence-corrected chi connectivity index (χ0v) is 8.31. The second-order valence-electron chi connectivity index (χ2n) is 4.98. The Balaban J connectivity index is 1.93. The lowest BCUT2D eigenvalue weighted by molar-refractivity contribution is 0.103. The lowest BCUT2D eigenvalue weighted by atomic mass is 9.73. The summed E-state index contributed by atoms with van der Waals surface area (Å²) in [4.78, 5) is 0. The number of fused-ring (bicyclic) bond motifs is 2. The minimum Gasteiger partial charge on any atom is -0.385 e. The van der Waals surface area contributed by atoms with Crippen molar-refractivity contribution >= 4 is 0 Å². The molecule has 0 aromatic rings. The molecule has 0 aromatic heterocycles. The fourth-order valence-electron chi connectivity index (χ4n) is 3.36. The van der Waals surface area contributed by atoms with Crippen molar-refractivity contribution in [1.82, 2.24) is 0 Å². The molecule has 0 radical (unpaired) electrons. The van der Waals surface area contributed by atoms with Crippen LogP contribution in [-0.4, -0.2) is 13.7 Å². The van der Waals surface area contributed by atoms with E-state index in [1.807, 2.05) is 7.11 Å². The van der Waals surface area contributed by atoms with E-state index in [1.165, 1.54) is 32.1 Å². The zero-order chi connectivity index (χ0) is 8.60. The maximum absolute atomic E-state index is 5.18. The van der Waals surface area contributed by atoms with Gasteiger partial charge in [0.25, 0.3) is 0 Å². The van der Waals surface area contributed by atoms with Crippen LogP contribution in [0.1, 0.15) is 39.0 Å². The van der Waals surface area contributed by atoms with Gasteiger partial charge in [0.2, 0.25) is 0 Å². The summed E-state index contributed by atoms with van der Waals surface area (Å²) in [5, 5.41) is 0. The number of rotatable bonds is 3. The van der Waals surface area contributed by atoms with Crippen molar-refractivity contribution in [2.24, 2.45) is 17.3 Å². The topological polar surface area (TPSA) is 9.23 Å². The first-order valence-electron chi connectivity index (χ1n) is 5.23. The molecule has 12 heavy (non-hydrogen) atoms. The maximum Gasteiger partial charge on any atom is 0.0467 e.